The minimum atomic E-state index is 0.0744. The zero-order valence-corrected chi connectivity index (χ0v) is 11.3. The van der Waals surface area contributed by atoms with Gasteiger partial charge in [-0.2, -0.15) is 5.10 Å². The molecule has 2 unspecified atom stereocenters. The van der Waals surface area contributed by atoms with E-state index in [0.717, 1.165) is 12.0 Å². The molecule has 3 nitrogen and oxygen atoms in total. The molecule has 0 fully saturated rings. The first-order valence-electron chi connectivity index (χ1n) is 6.45. The van der Waals surface area contributed by atoms with E-state index in [2.05, 4.69) is 56.3 Å². The molecule has 0 saturated heterocycles. The molecule has 0 spiro atoms. The van der Waals surface area contributed by atoms with Crippen molar-refractivity contribution in [1.82, 2.24) is 9.78 Å². The van der Waals surface area contributed by atoms with Crippen LogP contribution in [0.1, 0.15) is 36.1 Å². The molecule has 0 radical (unpaired) electrons. The molecule has 0 saturated carbocycles. The van der Waals surface area contributed by atoms with Crippen molar-refractivity contribution < 1.29 is 0 Å². The van der Waals surface area contributed by atoms with Crippen LogP contribution in [0.3, 0.4) is 0 Å². The average Bonchev–Trinajstić information content (AvgIpc) is 2.78. The van der Waals surface area contributed by atoms with Crippen LogP contribution in [0, 0.1) is 13.8 Å². The molecule has 2 rings (SSSR count). The standard InChI is InChI=1S/C15H21N3/c1-4-14(16)15(18-10-11(2)9-17-18)13-8-6-5-7-12(13)3/h5-10,14-15H,4,16H2,1-3H3. The summed E-state index contributed by atoms with van der Waals surface area (Å²) in [5, 5.41) is 4.44. The predicted molar refractivity (Wildman–Crippen MR) is 74.5 cm³/mol. The highest BCUT2D eigenvalue weighted by atomic mass is 15.3. The number of nitrogens with zero attached hydrogens (tertiary/aromatic N) is 2. The second-order valence-electron chi connectivity index (χ2n) is 4.87. The van der Waals surface area contributed by atoms with Crippen LogP contribution in [0.4, 0.5) is 0 Å². The number of rotatable bonds is 4. The van der Waals surface area contributed by atoms with Gasteiger partial charge in [-0.25, -0.2) is 0 Å². The Morgan fingerprint density at radius 3 is 2.56 bits per heavy atom. The minimum Gasteiger partial charge on any atom is -0.326 e. The molecule has 0 aliphatic heterocycles. The number of aromatic nitrogens is 2. The summed E-state index contributed by atoms with van der Waals surface area (Å²) in [6.45, 7) is 6.29. The predicted octanol–water partition coefficient (Wildman–Crippen LogP) is 2.83. The number of hydrogen-bond donors (Lipinski definition) is 1. The number of benzene rings is 1. The van der Waals surface area contributed by atoms with Crippen molar-refractivity contribution in [2.45, 2.75) is 39.3 Å². The number of hydrogen-bond acceptors (Lipinski definition) is 2. The second kappa shape index (κ2) is 5.36. The Hall–Kier alpha value is -1.61. The topological polar surface area (TPSA) is 43.8 Å². The van der Waals surface area contributed by atoms with E-state index in [1.165, 1.54) is 11.1 Å². The van der Waals surface area contributed by atoms with Crippen LogP contribution in [0.2, 0.25) is 0 Å². The maximum Gasteiger partial charge on any atom is 0.0921 e. The fourth-order valence-corrected chi connectivity index (χ4v) is 2.30. The largest absolute Gasteiger partial charge is 0.326 e. The molecule has 0 aliphatic carbocycles. The molecule has 1 heterocycles. The third-order valence-corrected chi connectivity index (χ3v) is 3.40. The Kier molecular flexibility index (Phi) is 3.82. The first kappa shape index (κ1) is 12.8. The van der Waals surface area contributed by atoms with Crippen LogP contribution >= 0.6 is 0 Å². The summed E-state index contributed by atoms with van der Waals surface area (Å²) < 4.78 is 1.99. The van der Waals surface area contributed by atoms with Gasteiger partial charge in [0.1, 0.15) is 0 Å². The van der Waals surface area contributed by atoms with E-state index in [1.54, 1.807) is 0 Å². The molecule has 2 aromatic rings. The zero-order valence-electron chi connectivity index (χ0n) is 11.3. The monoisotopic (exact) mass is 243 g/mol. The number of nitrogens with two attached hydrogens (primary N) is 1. The van der Waals surface area contributed by atoms with Gasteiger partial charge in [0.15, 0.2) is 0 Å². The summed E-state index contributed by atoms with van der Waals surface area (Å²) in [7, 11) is 0. The summed E-state index contributed by atoms with van der Waals surface area (Å²) in [6.07, 6.45) is 4.87. The van der Waals surface area contributed by atoms with Crippen molar-refractivity contribution in [1.29, 1.82) is 0 Å². The van der Waals surface area contributed by atoms with E-state index in [4.69, 9.17) is 5.73 Å². The Bertz CT molecular complexity index is 516. The Balaban J connectivity index is 2.47. The van der Waals surface area contributed by atoms with Crippen LogP contribution in [-0.2, 0) is 0 Å². The molecule has 2 N–H and O–H groups in total. The van der Waals surface area contributed by atoms with Gasteiger partial charge in [0, 0.05) is 12.2 Å². The summed E-state index contributed by atoms with van der Waals surface area (Å²) in [5.74, 6) is 0. The molecule has 1 aromatic heterocycles. The summed E-state index contributed by atoms with van der Waals surface area (Å²) in [5.41, 5.74) is 9.99. The van der Waals surface area contributed by atoms with Crippen molar-refractivity contribution >= 4 is 0 Å². The first-order valence-corrected chi connectivity index (χ1v) is 6.45. The smallest absolute Gasteiger partial charge is 0.0921 e. The van der Waals surface area contributed by atoms with Gasteiger partial charge in [0.05, 0.1) is 12.2 Å². The quantitative estimate of drug-likeness (QED) is 0.897. The molecule has 0 aliphatic rings. The molecular formula is C15H21N3. The lowest BCUT2D eigenvalue weighted by Gasteiger charge is -2.25. The van der Waals surface area contributed by atoms with Gasteiger partial charge in [-0.05, 0) is 37.0 Å². The third kappa shape index (κ3) is 2.46. The molecule has 2 atom stereocenters. The van der Waals surface area contributed by atoms with Crippen LogP contribution in [-0.4, -0.2) is 15.8 Å². The van der Waals surface area contributed by atoms with Crippen molar-refractivity contribution in [2.75, 3.05) is 0 Å². The van der Waals surface area contributed by atoms with Crippen molar-refractivity contribution in [3.63, 3.8) is 0 Å². The Morgan fingerprint density at radius 2 is 2.00 bits per heavy atom. The van der Waals surface area contributed by atoms with E-state index < -0.39 is 0 Å². The highest BCUT2D eigenvalue weighted by Gasteiger charge is 2.22. The molecule has 1 aromatic carbocycles. The maximum absolute atomic E-state index is 6.30. The van der Waals surface area contributed by atoms with E-state index in [1.807, 2.05) is 10.9 Å². The lowest BCUT2D eigenvalue weighted by molar-refractivity contribution is 0.422. The molecule has 0 amide bonds. The van der Waals surface area contributed by atoms with E-state index in [0.29, 0.717) is 0 Å². The van der Waals surface area contributed by atoms with Gasteiger partial charge in [-0.3, -0.25) is 4.68 Å². The highest BCUT2D eigenvalue weighted by Crippen LogP contribution is 2.25. The Labute approximate surface area is 109 Å². The van der Waals surface area contributed by atoms with Crippen molar-refractivity contribution in [2.24, 2.45) is 5.73 Å². The first-order chi connectivity index (χ1) is 8.63. The van der Waals surface area contributed by atoms with Gasteiger partial charge < -0.3 is 5.73 Å². The molecule has 0 bridgehead atoms. The van der Waals surface area contributed by atoms with Crippen molar-refractivity contribution in [3.05, 3.63) is 53.3 Å². The summed E-state index contributed by atoms with van der Waals surface area (Å²) >= 11 is 0. The van der Waals surface area contributed by atoms with E-state index in [-0.39, 0.29) is 12.1 Å². The van der Waals surface area contributed by atoms with Gasteiger partial charge in [0.25, 0.3) is 0 Å². The van der Waals surface area contributed by atoms with Crippen LogP contribution in [0.5, 0.6) is 0 Å². The Morgan fingerprint density at radius 1 is 1.28 bits per heavy atom. The van der Waals surface area contributed by atoms with Crippen LogP contribution in [0.15, 0.2) is 36.7 Å². The minimum absolute atomic E-state index is 0.0744. The second-order valence-corrected chi connectivity index (χ2v) is 4.87. The normalized spacial score (nSPS) is 14.4. The zero-order chi connectivity index (χ0) is 13.1. The molecule has 3 heteroatoms. The van der Waals surface area contributed by atoms with Gasteiger partial charge >= 0.3 is 0 Å². The fourth-order valence-electron chi connectivity index (χ4n) is 2.30. The lowest BCUT2D eigenvalue weighted by atomic mass is 9.94. The fraction of sp³-hybridized carbons (Fsp3) is 0.400. The van der Waals surface area contributed by atoms with Gasteiger partial charge in [-0.15, -0.1) is 0 Å². The molecule has 96 valence electrons. The highest BCUT2D eigenvalue weighted by molar-refractivity contribution is 5.30. The van der Waals surface area contributed by atoms with Gasteiger partial charge in [0.2, 0.25) is 0 Å². The van der Waals surface area contributed by atoms with E-state index in [9.17, 15) is 0 Å². The van der Waals surface area contributed by atoms with Crippen LogP contribution < -0.4 is 5.73 Å². The van der Waals surface area contributed by atoms with Crippen LogP contribution in [0.25, 0.3) is 0 Å². The summed E-state index contributed by atoms with van der Waals surface area (Å²) in [4.78, 5) is 0. The third-order valence-electron chi connectivity index (χ3n) is 3.40. The number of aryl methyl sites for hydroxylation is 2. The van der Waals surface area contributed by atoms with Crippen molar-refractivity contribution in [3.8, 4) is 0 Å². The molecular weight excluding hydrogens is 222 g/mol. The molecule has 18 heavy (non-hydrogen) atoms. The maximum atomic E-state index is 6.30. The van der Waals surface area contributed by atoms with Gasteiger partial charge in [-0.1, -0.05) is 31.2 Å². The lowest BCUT2D eigenvalue weighted by Crippen LogP contribution is -2.33. The van der Waals surface area contributed by atoms with E-state index >= 15 is 0 Å². The average molecular weight is 243 g/mol. The SMILES string of the molecule is CCC(N)C(c1ccccc1C)n1cc(C)cn1. The summed E-state index contributed by atoms with van der Waals surface area (Å²) in [6, 6.07) is 8.58.